The second-order valence-electron chi connectivity index (χ2n) is 8.84. The van der Waals surface area contributed by atoms with Crippen molar-refractivity contribution in [3.63, 3.8) is 0 Å². The lowest BCUT2D eigenvalue weighted by atomic mass is 9.47. The maximum atomic E-state index is 4.66. The van der Waals surface area contributed by atoms with Crippen LogP contribution in [0.5, 0.6) is 0 Å². The lowest BCUT2D eigenvalue weighted by molar-refractivity contribution is -0.143. The van der Waals surface area contributed by atoms with Gasteiger partial charge in [-0.05, 0) is 56.5 Å². The van der Waals surface area contributed by atoms with Crippen LogP contribution in [0.15, 0.2) is 5.38 Å². The van der Waals surface area contributed by atoms with Crippen LogP contribution in [0.1, 0.15) is 56.7 Å². The third kappa shape index (κ3) is 3.06. The van der Waals surface area contributed by atoms with Crippen molar-refractivity contribution in [1.82, 2.24) is 14.8 Å². The second kappa shape index (κ2) is 6.69. The molecular formula is C20H33N3S. The summed E-state index contributed by atoms with van der Waals surface area (Å²) in [5.41, 5.74) is 1.80. The molecule has 0 amide bonds. The Morgan fingerprint density at radius 3 is 2.75 bits per heavy atom. The van der Waals surface area contributed by atoms with Crippen molar-refractivity contribution in [2.24, 2.45) is 17.3 Å². The van der Waals surface area contributed by atoms with Gasteiger partial charge in [0.05, 0.1) is 10.7 Å². The molecule has 1 aromatic rings. The Balaban J connectivity index is 1.38. The lowest BCUT2D eigenvalue weighted by Gasteiger charge is -2.64. The summed E-state index contributed by atoms with van der Waals surface area (Å²) in [6.07, 6.45) is 7.22. The first kappa shape index (κ1) is 17.0. The van der Waals surface area contributed by atoms with E-state index in [-0.39, 0.29) is 0 Å². The third-order valence-corrected chi connectivity index (χ3v) is 7.83. The van der Waals surface area contributed by atoms with Crippen molar-refractivity contribution >= 4 is 11.3 Å². The fraction of sp³-hybridized carbons (Fsp3) is 0.850. The molecule has 2 saturated carbocycles. The van der Waals surface area contributed by atoms with Crippen molar-refractivity contribution in [3.05, 3.63) is 16.1 Å². The van der Waals surface area contributed by atoms with E-state index < -0.39 is 0 Å². The van der Waals surface area contributed by atoms with Crippen LogP contribution in [-0.2, 0) is 6.54 Å². The molecule has 1 unspecified atom stereocenters. The molecule has 0 bridgehead atoms. The number of thiazole rings is 1. The minimum Gasteiger partial charge on any atom is -0.298 e. The Morgan fingerprint density at radius 1 is 1.12 bits per heavy atom. The number of nitrogens with zero attached hydrogens (tertiary/aromatic N) is 3. The first-order valence-corrected chi connectivity index (χ1v) is 10.8. The van der Waals surface area contributed by atoms with Gasteiger partial charge in [0.25, 0.3) is 0 Å². The smallest absolute Gasteiger partial charge is 0.0897 e. The van der Waals surface area contributed by atoms with Crippen LogP contribution in [0.3, 0.4) is 0 Å². The molecule has 0 N–H and O–H groups in total. The number of fused-ring (bicyclic) bond motifs is 1. The Bertz CT molecular complexity index is 567. The van der Waals surface area contributed by atoms with Crippen molar-refractivity contribution in [2.75, 3.05) is 26.2 Å². The molecule has 134 valence electrons. The highest BCUT2D eigenvalue weighted by Gasteiger charge is 2.58. The molecular weight excluding hydrogens is 314 g/mol. The average Bonchev–Trinajstić information content (AvgIpc) is 2.83. The Kier molecular flexibility index (Phi) is 4.74. The van der Waals surface area contributed by atoms with Gasteiger partial charge in [-0.3, -0.25) is 9.80 Å². The SMILES string of the molecule is Cc1nc(CN2CCCN(C3[C@@H]4CCCC[C@@H]4C3(C)C)CC2)cs1. The third-order valence-electron chi connectivity index (χ3n) is 7.01. The molecule has 0 aromatic carbocycles. The Labute approximate surface area is 151 Å². The molecule has 3 atom stereocenters. The number of rotatable bonds is 3. The van der Waals surface area contributed by atoms with E-state index in [1.54, 1.807) is 11.3 Å². The molecule has 24 heavy (non-hydrogen) atoms. The molecule has 4 heteroatoms. The van der Waals surface area contributed by atoms with Gasteiger partial charge < -0.3 is 0 Å². The monoisotopic (exact) mass is 347 g/mol. The zero-order valence-corrected chi connectivity index (χ0v) is 16.4. The van der Waals surface area contributed by atoms with Gasteiger partial charge in [0, 0.05) is 31.1 Å². The molecule has 1 aliphatic heterocycles. The Hall–Kier alpha value is -0.450. The van der Waals surface area contributed by atoms with Crippen LogP contribution in [0.4, 0.5) is 0 Å². The summed E-state index contributed by atoms with van der Waals surface area (Å²) in [6, 6.07) is 0.837. The van der Waals surface area contributed by atoms with E-state index in [0.29, 0.717) is 5.41 Å². The summed E-state index contributed by atoms with van der Waals surface area (Å²) in [4.78, 5) is 10.1. The van der Waals surface area contributed by atoms with Crippen LogP contribution < -0.4 is 0 Å². The van der Waals surface area contributed by atoms with Crippen LogP contribution in [0, 0.1) is 24.2 Å². The summed E-state index contributed by atoms with van der Waals surface area (Å²) in [5, 5.41) is 3.43. The highest BCUT2D eigenvalue weighted by atomic mass is 32.1. The number of hydrogen-bond donors (Lipinski definition) is 0. The van der Waals surface area contributed by atoms with Gasteiger partial charge in [-0.25, -0.2) is 4.98 Å². The molecule has 2 aliphatic carbocycles. The number of hydrogen-bond acceptors (Lipinski definition) is 4. The molecule has 1 aromatic heterocycles. The van der Waals surface area contributed by atoms with Crippen molar-refractivity contribution in [1.29, 1.82) is 0 Å². The van der Waals surface area contributed by atoms with Gasteiger partial charge in [-0.15, -0.1) is 11.3 Å². The molecule has 0 radical (unpaired) electrons. The molecule has 3 fully saturated rings. The van der Waals surface area contributed by atoms with E-state index in [0.717, 1.165) is 24.4 Å². The van der Waals surface area contributed by atoms with Crippen molar-refractivity contribution < 1.29 is 0 Å². The highest BCUT2D eigenvalue weighted by Crippen LogP contribution is 2.59. The van der Waals surface area contributed by atoms with Crippen LogP contribution in [0.2, 0.25) is 0 Å². The molecule has 2 heterocycles. The number of aryl methyl sites for hydroxylation is 1. The maximum absolute atomic E-state index is 4.66. The molecule has 3 nitrogen and oxygen atoms in total. The van der Waals surface area contributed by atoms with Crippen molar-refractivity contribution in [2.45, 2.75) is 65.5 Å². The molecule has 3 aliphatic rings. The summed E-state index contributed by atoms with van der Waals surface area (Å²) in [7, 11) is 0. The first-order valence-electron chi connectivity index (χ1n) is 9.93. The molecule has 4 rings (SSSR count). The van der Waals surface area contributed by atoms with Gasteiger partial charge in [0.1, 0.15) is 0 Å². The fourth-order valence-electron chi connectivity index (χ4n) is 5.99. The normalized spacial score (nSPS) is 34.4. The highest BCUT2D eigenvalue weighted by molar-refractivity contribution is 7.09. The zero-order valence-electron chi connectivity index (χ0n) is 15.6. The van der Waals surface area contributed by atoms with E-state index in [4.69, 9.17) is 0 Å². The van der Waals surface area contributed by atoms with Gasteiger partial charge >= 0.3 is 0 Å². The van der Waals surface area contributed by atoms with E-state index >= 15 is 0 Å². The van der Waals surface area contributed by atoms with E-state index in [1.165, 1.54) is 69.0 Å². The van der Waals surface area contributed by atoms with Crippen LogP contribution >= 0.6 is 11.3 Å². The zero-order chi connectivity index (χ0) is 16.7. The minimum atomic E-state index is 0.534. The predicted molar refractivity (Wildman–Crippen MR) is 101 cm³/mol. The van der Waals surface area contributed by atoms with Gasteiger partial charge in [0.2, 0.25) is 0 Å². The lowest BCUT2D eigenvalue weighted by Crippen LogP contribution is -2.66. The Morgan fingerprint density at radius 2 is 1.96 bits per heavy atom. The first-order chi connectivity index (χ1) is 11.6. The van der Waals surface area contributed by atoms with Gasteiger partial charge in [0.15, 0.2) is 0 Å². The topological polar surface area (TPSA) is 19.4 Å². The fourth-order valence-corrected chi connectivity index (χ4v) is 6.60. The molecule has 0 spiro atoms. The summed E-state index contributed by atoms with van der Waals surface area (Å²) in [6.45, 7) is 13.2. The summed E-state index contributed by atoms with van der Waals surface area (Å²) >= 11 is 1.78. The summed E-state index contributed by atoms with van der Waals surface area (Å²) < 4.78 is 0. The summed E-state index contributed by atoms with van der Waals surface area (Å²) in [5.74, 6) is 1.98. The van der Waals surface area contributed by atoms with Crippen LogP contribution in [0.25, 0.3) is 0 Å². The minimum absolute atomic E-state index is 0.534. The van der Waals surface area contributed by atoms with Gasteiger partial charge in [-0.2, -0.15) is 0 Å². The largest absolute Gasteiger partial charge is 0.298 e. The van der Waals surface area contributed by atoms with E-state index in [2.05, 4.69) is 40.9 Å². The number of aromatic nitrogens is 1. The van der Waals surface area contributed by atoms with Crippen molar-refractivity contribution in [3.8, 4) is 0 Å². The predicted octanol–water partition coefficient (Wildman–Crippen LogP) is 4.17. The van der Waals surface area contributed by atoms with E-state index in [9.17, 15) is 0 Å². The van der Waals surface area contributed by atoms with Gasteiger partial charge in [-0.1, -0.05) is 26.7 Å². The standard InChI is InChI=1S/C20H33N3S/c1-15-21-16(14-24-15)13-22-9-6-10-23(12-11-22)19-17-7-4-5-8-18(17)20(19,2)3/h14,17-19H,4-13H2,1-3H3/t17-,18+,19?/m1/s1. The van der Waals surface area contributed by atoms with E-state index in [1.807, 2.05) is 0 Å². The quantitative estimate of drug-likeness (QED) is 0.818. The molecule has 1 saturated heterocycles. The van der Waals surface area contributed by atoms with Crippen LogP contribution in [-0.4, -0.2) is 47.0 Å². The maximum Gasteiger partial charge on any atom is 0.0897 e. The second-order valence-corrected chi connectivity index (χ2v) is 9.91. The average molecular weight is 348 g/mol.